The summed E-state index contributed by atoms with van der Waals surface area (Å²) < 4.78 is 6.63. The standard InChI is InChI=1S/C19H14Cl3N3O3/c20-14-6-16(22)17(7-15(14)21)24-18(26)11-28-19(27)13-8-23-25(10-13)9-12-4-2-1-3-5-12/h1-8,10H,9,11H2,(H,24,26). The van der Waals surface area contributed by atoms with Crippen molar-refractivity contribution in [2.45, 2.75) is 6.54 Å². The van der Waals surface area contributed by atoms with Crippen LogP contribution < -0.4 is 5.32 Å². The number of nitrogens with zero attached hydrogens (tertiary/aromatic N) is 2. The van der Waals surface area contributed by atoms with E-state index in [1.54, 1.807) is 10.9 Å². The molecule has 1 N–H and O–H groups in total. The quantitative estimate of drug-likeness (QED) is 0.448. The number of rotatable bonds is 6. The van der Waals surface area contributed by atoms with Crippen molar-refractivity contribution >= 4 is 52.4 Å². The minimum atomic E-state index is -0.658. The zero-order valence-electron chi connectivity index (χ0n) is 14.4. The van der Waals surface area contributed by atoms with Crippen molar-refractivity contribution in [2.24, 2.45) is 0 Å². The number of anilines is 1. The highest BCUT2D eigenvalue weighted by Gasteiger charge is 2.14. The number of aromatic nitrogens is 2. The highest BCUT2D eigenvalue weighted by Crippen LogP contribution is 2.32. The average molecular weight is 439 g/mol. The van der Waals surface area contributed by atoms with Crippen LogP contribution in [0.2, 0.25) is 15.1 Å². The van der Waals surface area contributed by atoms with Crippen molar-refractivity contribution < 1.29 is 14.3 Å². The first-order chi connectivity index (χ1) is 13.4. The van der Waals surface area contributed by atoms with Gasteiger partial charge in [-0.15, -0.1) is 0 Å². The van der Waals surface area contributed by atoms with Crippen LogP contribution in [0.5, 0.6) is 0 Å². The maximum atomic E-state index is 12.1. The van der Waals surface area contributed by atoms with Crippen LogP contribution in [0.3, 0.4) is 0 Å². The van der Waals surface area contributed by atoms with Crippen LogP contribution in [0.15, 0.2) is 54.9 Å². The van der Waals surface area contributed by atoms with Gasteiger partial charge in [-0.3, -0.25) is 9.48 Å². The molecule has 0 fully saturated rings. The van der Waals surface area contributed by atoms with E-state index in [-0.39, 0.29) is 26.3 Å². The summed E-state index contributed by atoms with van der Waals surface area (Å²) in [6.07, 6.45) is 2.95. The van der Waals surface area contributed by atoms with Gasteiger partial charge in [0.25, 0.3) is 5.91 Å². The lowest BCUT2D eigenvalue weighted by Crippen LogP contribution is -2.21. The molecule has 28 heavy (non-hydrogen) atoms. The summed E-state index contributed by atoms with van der Waals surface area (Å²) in [5.41, 5.74) is 1.56. The Bertz CT molecular complexity index is 1010. The summed E-state index contributed by atoms with van der Waals surface area (Å²) in [6.45, 7) is 0.0315. The topological polar surface area (TPSA) is 73.2 Å². The van der Waals surface area contributed by atoms with Crippen molar-refractivity contribution in [1.29, 1.82) is 0 Å². The first-order valence-corrected chi connectivity index (χ1v) is 9.23. The maximum absolute atomic E-state index is 12.1. The summed E-state index contributed by atoms with van der Waals surface area (Å²) >= 11 is 17.7. The van der Waals surface area contributed by atoms with Crippen molar-refractivity contribution in [3.63, 3.8) is 0 Å². The number of carbonyl (C=O) groups is 2. The number of nitrogens with one attached hydrogen (secondary N) is 1. The van der Waals surface area contributed by atoms with Crippen LogP contribution in [0, 0.1) is 0 Å². The van der Waals surface area contributed by atoms with Crippen LogP contribution in [0.25, 0.3) is 0 Å². The monoisotopic (exact) mass is 437 g/mol. The van der Waals surface area contributed by atoms with E-state index < -0.39 is 18.5 Å². The number of hydrogen-bond acceptors (Lipinski definition) is 4. The Morgan fingerprint density at radius 3 is 2.50 bits per heavy atom. The van der Waals surface area contributed by atoms with Crippen LogP contribution >= 0.6 is 34.8 Å². The normalized spacial score (nSPS) is 10.5. The van der Waals surface area contributed by atoms with E-state index in [4.69, 9.17) is 39.5 Å². The fraction of sp³-hybridized carbons (Fsp3) is 0.105. The molecule has 6 nitrogen and oxygen atoms in total. The molecule has 1 heterocycles. The Hall–Kier alpha value is -2.54. The first-order valence-electron chi connectivity index (χ1n) is 8.10. The largest absolute Gasteiger partial charge is 0.452 e. The van der Waals surface area contributed by atoms with Gasteiger partial charge in [0.05, 0.1) is 39.1 Å². The molecule has 3 rings (SSSR count). The van der Waals surface area contributed by atoms with Crippen LogP contribution in [-0.4, -0.2) is 28.3 Å². The van der Waals surface area contributed by atoms with E-state index >= 15 is 0 Å². The Balaban J connectivity index is 1.54. The third-order valence-electron chi connectivity index (χ3n) is 3.67. The molecule has 1 aromatic heterocycles. The average Bonchev–Trinajstić information content (AvgIpc) is 3.13. The second-order valence-electron chi connectivity index (χ2n) is 5.78. The summed E-state index contributed by atoms with van der Waals surface area (Å²) in [5, 5.41) is 7.36. The van der Waals surface area contributed by atoms with E-state index in [0.717, 1.165) is 5.56 Å². The van der Waals surface area contributed by atoms with Crippen LogP contribution in [0.4, 0.5) is 5.69 Å². The molecule has 0 saturated carbocycles. The zero-order valence-corrected chi connectivity index (χ0v) is 16.6. The van der Waals surface area contributed by atoms with Gasteiger partial charge in [-0.25, -0.2) is 4.79 Å². The minimum Gasteiger partial charge on any atom is -0.452 e. The molecular weight excluding hydrogens is 425 g/mol. The number of carbonyl (C=O) groups excluding carboxylic acids is 2. The van der Waals surface area contributed by atoms with Gasteiger partial charge in [-0.2, -0.15) is 5.10 Å². The van der Waals surface area contributed by atoms with Gasteiger partial charge in [0.2, 0.25) is 0 Å². The second-order valence-corrected chi connectivity index (χ2v) is 7.00. The highest BCUT2D eigenvalue weighted by molar-refractivity contribution is 6.44. The van der Waals surface area contributed by atoms with Gasteiger partial charge < -0.3 is 10.1 Å². The zero-order chi connectivity index (χ0) is 20.1. The number of benzene rings is 2. The lowest BCUT2D eigenvalue weighted by molar-refractivity contribution is -0.119. The summed E-state index contributed by atoms with van der Waals surface area (Å²) in [4.78, 5) is 24.1. The van der Waals surface area contributed by atoms with Crippen molar-refractivity contribution in [2.75, 3.05) is 11.9 Å². The number of ether oxygens (including phenoxy) is 1. The van der Waals surface area contributed by atoms with E-state index in [2.05, 4.69) is 10.4 Å². The van der Waals surface area contributed by atoms with E-state index in [9.17, 15) is 9.59 Å². The molecule has 0 radical (unpaired) electrons. The summed E-state index contributed by atoms with van der Waals surface area (Å²) in [7, 11) is 0. The van der Waals surface area contributed by atoms with E-state index in [0.29, 0.717) is 6.54 Å². The van der Waals surface area contributed by atoms with Crippen LogP contribution in [0.1, 0.15) is 15.9 Å². The SMILES string of the molecule is O=C(COC(=O)c1cnn(Cc2ccccc2)c1)Nc1cc(Cl)c(Cl)cc1Cl. The molecule has 144 valence electrons. The lowest BCUT2D eigenvalue weighted by atomic mass is 10.2. The van der Waals surface area contributed by atoms with Crippen LogP contribution in [-0.2, 0) is 16.1 Å². The molecule has 2 aromatic carbocycles. The molecule has 0 atom stereocenters. The lowest BCUT2D eigenvalue weighted by Gasteiger charge is -2.09. The molecule has 0 aliphatic heterocycles. The smallest absolute Gasteiger partial charge is 0.341 e. The second kappa shape index (κ2) is 9.10. The number of amides is 1. The summed E-state index contributed by atoms with van der Waals surface area (Å²) in [6, 6.07) is 12.5. The van der Waals surface area contributed by atoms with Crippen molar-refractivity contribution in [1.82, 2.24) is 9.78 Å². The van der Waals surface area contributed by atoms with Crippen molar-refractivity contribution in [3.05, 3.63) is 81.1 Å². The molecule has 1 amide bonds. The highest BCUT2D eigenvalue weighted by atomic mass is 35.5. The van der Waals surface area contributed by atoms with E-state index in [1.807, 2.05) is 30.3 Å². The predicted octanol–water partition coefficient (Wildman–Crippen LogP) is 4.69. The fourth-order valence-corrected chi connectivity index (χ4v) is 2.94. The Kier molecular flexibility index (Phi) is 6.57. The number of halogens is 3. The molecule has 0 aliphatic rings. The fourth-order valence-electron chi connectivity index (χ4n) is 2.35. The molecule has 0 spiro atoms. The molecule has 0 saturated heterocycles. The Morgan fingerprint density at radius 1 is 1.04 bits per heavy atom. The van der Waals surface area contributed by atoms with Gasteiger partial charge in [-0.1, -0.05) is 65.1 Å². The van der Waals surface area contributed by atoms with Gasteiger partial charge in [-0.05, 0) is 17.7 Å². The van der Waals surface area contributed by atoms with Gasteiger partial charge in [0.15, 0.2) is 6.61 Å². The van der Waals surface area contributed by atoms with Crippen molar-refractivity contribution in [3.8, 4) is 0 Å². The molecule has 0 aliphatic carbocycles. The van der Waals surface area contributed by atoms with Gasteiger partial charge in [0.1, 0.15) is 0 Å². The Labute approximate surface area is 176 Å². The van der Waals surface area contributed by atoms with Gasteiger partial charge >= 0.3 is 5.97 Å². The number of esters is 1. The van der Waals surface area contributed by atoms with Gasteiger partial charge in [0, 0.05) is 6.20 Å². The molecular formula is C19H14Cl3N3O3. The third kappa shape index (κ3) is 5.25. The minimum absolute atomic E-state index is 0.219. The molecule has 3 aromatic rings. The maximum Gasteiger partial charge on any atom is 0.341 e. The third-order valence-corrected chi connectivity index (χ3v) is 4.71. The first kappa shape index (κ1) is 20.2. The molecule has 0 unspecified atom stereocenters. The Morgan fingerprint density at radius 2 is 1.75 bits per heavy atom. The molecule has 9 heteroatoms. The summed E-state index contributed by atoms with van der Waals surface area (Å²) in [5.74, 6) is -1.22. The number of hydrogen-bond donors (Lipinski definition) is 1. The predicted molar refractivity (Wildman–Crippen MR) is 108 cm³/mol. The van der Waals surface area contributed by atoms with E-state index in [1.165, 1.54) is 18.3 Å². The molecule has 0 bridgehead atoms.